The van der Waals surface area contributed by atoms with Gasteiger partial charge in [0.25, 0.3) is 0 Å². The molecule has 2 heteroatoms. The van der Waals surface area contributed by atoms with Gasteiger partial charge in [0.1, 0.15) is 0 Å². The molecule has 0 amide bonds. The second kappa shape index (κ2) is 4.11. The van der Waals surface area contributed by atoms with E-state index in [1.165, 1.54) is 24.0 Å². The Labute approximate surface area is 104 Å². The van der Waals surface area contributed by atoms with Crippen molar-refractivity contribution in [3.63, 3.8) is 0 Å². The molecule has 2 nitrogen and oxygen atoms in total. The molecule has 1 aromatic rings. The van der Waals surface area contributed by atoms with E-state index in [-0.39, 0.29) is 0 Å². The number of hydrogen-bond acceptors (Lipinski definition) is 2. The van der Waals surface area contributed by atoms with E-state index < -0.39 is 0 Å². The lowest BCUT2D eigenvalue weighted by molar-refractivity contribution is 0.403. The van der Waals surface area contributed by atoms with E-state index in [4.69, 9.17) is 5.73 Å². The molecule has 2 fully saturated rings. The maximum atomic E-state index is 6.21. The Morgan fingerprint density at radius 3 is 2.53 bits per heavy atom. The molecule has 1 aromatic carbocycles. The summed E-state index contributed by atoms with van der Waals surface area (Å²) >= 11 is 0. The lowest BCUT2D eigenvalue weighted by Crippen LogP contribution is -2.43. The van der Waals surface area contributed by atoms with Crippen molar-refractivity contribution >= 4 is 0 Å². The van der Waals surface area contributed by atoms with Gasteiger partial charge < -0.3 is 11.1 Å². The van der Waals surface area contributed by atoms with Gasteiger partial charge in [-0.05, 0) is 42.3 Å². The summed E-state index contributed by atoms with van der Waals surface area (Å²) in [6.07, 6.45) is 3.78. The molecule has 1 saturated carbocycles. The van der Waals surface area contributed by atoms with Crippen LogP contribution in [0.1, 0.15) is 43.2 Å². The molecule has 92 valence electrons. The first-order valence-corrected chi connectivity index (χ1v) is 6.76. The Kier molecular flexibility index (Phi) is 2.72. The molecule has 2 atom stereocenters. The number of nitrogens with one attached hydrogen (secondary N) is 1. The third-order valence-electron chi connectivity index (χ3n) is 4.57. The largest absolute Gasteiger partial charge is 0.327 e. The number of piperidine rings is 1. The van der Waals surface area contributed by atoms with Gasteiger partial charge in [-0.1, -0.05) is 31.2 Å². The van der Waals surface area contributed by atoms with E-state index >= 15 is 0 Å². The van der Waals surface area contributed by atoms with Crippen LogP contribution >= 0.6 is 0 Å². The molecule has 2 unspecified atom stereocenters. The fourth-order valence-electron chi connectivity index (χ4n) is 2.85. The minimum absolute atomic E-state index is 0.318. The van der Waals surface area contributed by atoms with Crippen molar-refractivity contribution in [1.82, 2.24) is 5.32 Å². The molecule has 0 spiro atoms. The molecule has 0 aromatic heterocycles. The topological polar surface area (TPSA) is 38.0 Å². The highest BCUT2D eigenvalue weighted by Gasteiger charge is 2.38. The summed E-state index contributed by atoms with van der Waals surface area (Å²) in [6, 6.07) is 9.51. The summed E-state index contributed by atoms with van der Waals surface area (Å²) in [5.74, 6) is 0.491. The number of benzene rings is 1. The molecular formula is C15H22N2. The van der Waals surface area contributed by atoms with E-state index in [1.54, 1.807) is 0 Å². The van der Waals surface area contributed by atoms with Crippen LogP contribution < -0.4 is 11.1 Å². The van der Waals surface area contributed by atoms with Crippen molar-refractivity contribution in [2.24, 2.45) is 5.73 Å². The highest BCUT2D eigenvalue weighted by molar-refractivity contribution is 5.34. The summed E-state index contributed by atoms with van der Waals surface area (Å²) in [5, 5.41) is 3.44. The van der Waals surface area contributed by atoms with Gasteiger partial charge in [0.05, 0.1) is 0 Å². The molecule has 3 N–H and O–H groups in total. The Hall–Kier alpha value is -0.860. The van der Waals surface area contributed by atoms with Crippen LogP contribution in [0, 0.1) is 0 Å². The molecule has 1 saturated heterocycles. The van der Waals surface area contributed by atoms with Gasteiger partial charge >= 0.3 is 0 Å². The van der Waals surface area contributed by atoms with Gasteiger partial charge in [0.2, 0.25) is 0 Å². The number of nitrogens with two attached hydrogens (primary N) is 1. The summed E-state index contributed by atoms with van der Waals surface area (Å²) in [7, 11) is 0. The smallest absolute Gasteiger partial charge is 0.0132 e. The lowest BCUT2D eigenvalue weighted by Gasteiger charge is -2.30. The van der Waals surface area contributed by atoms with Crippen molar-refractivity contribution in [3.05, 3.63) is 35.4 Å². The fourth-order valence-corrected chi connectivity index (χ4v) is 2.85. The maximum Gasteiger partial charge on any atom is 0.0132 e. The van der Waals surface area contributed by atoms with E-state index in [0.717, 1.165) is 19.5 Å². The van der Waals surface area contributed by atoms with Crippen molar-refractivity contribution < 1.29 is 0 Å². The first-order valence-electron chi connectivity index (χ1n) is 6.76. The average molecular weight is 230 g/mol. The predicted octanol–water partition coefficient (Wildman–Crippen LogP) is 2.14. The third-order valence-corrected chi connectivity index (χ3v) is 4.57. The minimum atomic E-state index is 0.318. The maximum absolute atomic E-state index is 6.21. The zero-order chi connectivity index (χ0) is 11.9. The summed E-state index contributed by atoms with van der Waals surface area (Å²) in [4.78, 5) is 0. The molecule has 2 aliphatic rings. The van der Waals surface area contributed by atoms with Crippen molar-refractivity contribution in [1.29, 1.82) is 0 Å². The molecule has 0 radical (unpaired) electrons. The molecule has 17 heavy (non-hydrogen) atoms. The number of rotatable bonds is 2. The Morgan fingerprint density at radius 1 is 1.24 bits per heavy atom. The van der Waals surface area contributed by atoms with Gasteiger partial charge in [-0.2, -0.15) is 0 Å². The first-order chi connectivity index (χ1) is 8.19. The molecule has 3 rings (SSSR count). The van der Waals surface area contributed by atoms with Gasteiger partial charge in [0.15, 0.2) is 0 Å². The van der Waals surface area contributed by atoms with Crippen LogP contribution in [0.25, 0.3) is 0 Å². The van der Waals surface area contributed by atoms with Gasteiger partial charge in [-0.15, -0.1) is 0 Å². The second-order valence-electron chi connectivity index (χ2n) is 5.95. The van der Waals surface area contributed by atoms with Crippen LogP contribution in [0.3, 0.4) is 0 Å². The van der Waals surface area contributed by atoms with Crippen LogP contribution in [0.5, 0.6) is 0 Å². The highest BCUT2D eigenvalue weighted by atomic mass is 14.9. The fraction of sp³-hybridized carbons (Fsp3) is 0.600. The molecule has 1 heterocycles. The Morgan fingerprint density at radius 2 is 1.94 bits per heavy atom. The van der Waals surface area contributed by atoms with Crippen LogP contribution in [0.4, 0.5) is 0 Å². The van der Waals surface area contributed by atoms with E-state index in [9.17, 15) is 0 Å². The monoisotopic (exact) mass is 230 g/mol. The predicted molar refractivity (Wildman–Crippen MR) is 71.2 cm³/mol. The van der Waals surface area contributed by atoms with Crippen molar-refractivity contribution in [2.45, 2.75) is 43.6 Å². The first kappa shape index (κ1) is 11.2. The molecule has 1 aliphatic carbocycles. The van der Waals surface area contributed by atoms with Gasteiger partial charge in [-0.25, -0.2) is 0 Å². The SMILES string of the molecule is CC1(c2ccc(C3CNCCC3N)cc2)CC1. The lowest BCUT2D eigenvalue weighted by atomic mass is 9.86. The molecular weight excluding hydrogens is 208 g/mol. The quantitative estimate of drug-likeness (QED) is 0.817. The average Bonchev–Trinajstić information content (AvgIpc) is 3.10. The zero-order valence-corrected chi connectivity index (χ0v) is 10.6. The normalized spacial score (nSPS) is 31.2. The van der Waals surface area contributed by atoms with E-state index in [2.05, 4.69) is 36.5 Å². The Balaban J connectivity index is 1.79. The van der Waals surface area contributed by atoms with E-state index in [0.29, 0.717) is 17.4 Å². The molecule has 1 aliphatic heterocycles. The van der Waals surface area contributed by atoms with Crippen molar-refractivity contribution in [2.75, 3.05) is 13.1 Å². The minimum Gasteiger partial charge on any atom is -0.327 e. The number of hydrogen-bond donors (Lipinski definition) is 2. The van der Waals surface area contributed by atoms with Crippen LogP contribution in [-0.4, -0.2) is 19.1 Å². The van der Waals surface area contributed by atoms with E-state index in [1.807, 2.05) is 0 Å². The summed E-state index contributed by atoms with van der Waals surface area (Å²) < 4.78 is 0. The van der Waals surface area contributed by atoms with Crippen LogP contribution in [0.2, 0.25) is 0 Å². The Bertz CT molecular complexity index is 392. The van der Waals surface area contributed by atoms with Gasteiger partial charge in [-0.3, -0.25) is 0 Å². The summed E-state index contributed by atoms with van der Waals surface area (Å²) in [6.45, 7) is 4.45. The zero-order valence-electron chi connectivity index (χ0n) is 10.6. The highest BCUT2D eigenvalue weighted by Crippen LogP contribution is 2.47. The van der Waals surface area contributed by atoms with Crippen molar-refractivity contribution in [3.8, 4) is 0 Å². The summed E-state index contributed by atoms with van der Waals surface area (Å²) in [5.41, 5.74) is 9.58. The van der Waals surface area contributed by atoms with Gasteiger partial charge in [0, 0.05) is 18.5 Å². The molecule has 0 bridgehead atoms. The van der Waals surface area contributed by atoms with Crippen LogP contribution in [0.15, 0.2) is 24.3 Å². The standard InChI is InChI=1S/C15H22N2/c1-15(7-8-15)12-4-2-11(3-5-12)13-10-17-9-6-14(13)16/h2-5,13-14,17H,6-10,16H2,1H3. The van der Waals surface area contributed by atoms with Crippen LogP contribution in [-0.2, 0) is 5.41 Å². The third kappa shape index (κ3) is 2.12. The second-order valence-corrected chi connectivity index (χ2v) is 5.95.